The average molecular weight is 258 g/mol. The van der Waals surface area contributed by atoms with E-state index in [0.29, 0.717) is 0 Å². The van der Waals surface area contributed by atoms with Gasteiger partial charge >= 0.3 is 0 Å². The molecule has 3 rings (SSSR count). The highest BCUT2D eigenvalue weighted by molar-refractivity contribution is 5.56. The Labute approximate surface area is 112 Å². The number of nitrogens with one attached hydrogen (secondary N) is 1. The summed E-state index contributed by atoms with van der Waals surface area (Å²) in [6.45, 7) is 3.76. The molecule has 6 nitrogen and oxygen atoms in total. The summed E-state index contributed by atoms with van der Waals surface area (Å²) in [6, 6.07) is 4.14. The van der Waals surface area contributed by atoms with Crippen LogP contribution in [0.15, 0.2) is 18.3 Å². The molecule has 19 heavy (non-hydrogen) atoms. The lowest BCUT2D eigenvalue weighted by Gasteiger charge is -2.29. The van der Waals surface area contributed by atoms with Crippen molar-refractivity contribution in [2.45, 2.75) is 25.8 Å². The first kappa shape index (κ1) is 12.1. The molecule has 0 saturated carbocycles. The number of hydrogen-bond donors (Lipinski definition) is 2. The number of aromatic amines is 1. The van der Waals surface area contributed by atoms with E-state index in [9.17, 15) is 0 Å². The number of aromatic nitrogens is 4. The Hall–Kier alpha value is -1.95. The zero-order valence-corrected chi connectivity index (χ0v) is 11.0. The Morgan fingerprint density at radius 2 is 2.37 bits per heavy atom. The quantitative estimate of drug-likeness (QED) is 0.842. The second kappa shape index (κ2) is 4.97. The van der Waals surface area contributed by atoms with Gasteiger partial charge < -0.3 is 10.6 Å². The molecule has 1 aliphatic rings. The van der Waals surface area contributed by atoms with Crippen LogP contribution in [-0.4, -0.2) is 39.3 Å². The summed E-state index contributed by atoms with van der Waals surface area (Å²) in [5.41, 5.74) is 7.96. The van der Waals surface area contributed by atoms with Gasteiger partial charge in [0, 0.05) is 36.6 Å². The molecule has 0 bridgehead atoms. The number of rotatable bonds is 2. The standard InChI is InChI=1S/C13H18N6/c1-9-7-10(4-5-15-9)12-16-13(18-17-12)19-6-2-3-11(14)8-19/h4-5,7,11H,2-3,6,8,14H2,1H3,(H,16,17,18). The van der Waals surface area contributed by atoms with Crippen molar-refractivity contribution in [3.05, 3.63) is 24.0 Å². The third-order valence-electron chi connectivity index (χ3n) is 3.38. The van der Waals surface area contributed by atoms with Crippen LogP contribution in [0.25, 0.3) is 11.4 Å². The zero-order chi connectivity index (χ0) is 13.2. The van der Waals surface area contributed by atoms with Crippen molar-refractivity contribution in [1.29, 1.82) is 0 Å². The van der Waals surface area contributed by atoms with Crippen LogP contribution in [0, 0.1) is 6.92 Å². The Bertz CT molecular complexity index is 564. The fourth-order valence-corrected chi connectivity index (χ4v) is 2.41. The van der Waals surface area contributed by atoms with Crippen LogP contribution in [0.5, 0.6) is 0 Å². The average Bonchev–Trinajstić information content (AvgIpc) is 2.88. The first-order chi connectivity index (χ1) is 9.22. The number of nitrogens with zero attached hydrogens (tertiary/aromatic N) is 4. The summed E-state index contributed by atoms with van der Waals surface area (Å²) >= 11 is 0. The van der Waals surface area contributed by atoms with Crippen LogP contribution >= 0.6 is 0 Å². The molecule has 6 heteroatoms. The first-order valence-electron chi connectivity index (χ1n) is 6.58. The lowest BCUT2D eigenvalue weighted by atomic mass is 10.1. The molecule has 0 radical (unpaired) electrons. The molecular formula is C13H18N6. The second-order valence-electron chi connectivity index (χ2n) is 5.02. The fourth-order valence-electron chi connectivity index (χ4n) is 2.41. The van der Waals surface area contributed by atoms with E-state index >= 15 is 0 Å². The molecule has 1 atom stereocenters. The number of nitrogens with two attached hydrogens (primary N) is 1. The van der Waals surface area contributed by atoms with Gasteiger partial charge in [-0.3, -0.25) is 10.1 Å². The van der Waals surface area contributed by atoms with Gasteiger partial charge in [0.1, 0.15) is 0 Å². The van der Waals surface area contributed by atoms with Crippen LogP contribution in [-0.2, 0) is 0 Å². The van der Waals surface area contributed by atoms with Crippen molar-refractivity contribution in [1.82, 2.24) is 20.2 Å². The number of hydrogen-bond acceptors (Lipinski definition) is 5. The molecule has 2 aromatic heterocycles. The molecule has 1 unspecified atom stereocenters. The molecule has 2 aromatic rings. The molecule has 0 aliphatic carbocycles. The summed E-state index contributed by atoms with van der Waals surface area (Å²) in [5.74, 6) is 1.51. The monoisotopic (exact) mass is 258 g/mol. The number of aryl methyl sites for hydroxylation is 1. The number of pyridine rings is 1. The van der Waals surface area contributed by atoms with Crippen LogP contribution in [0.2, 0.25) is 0 Å². The van der Waals surface area contributed by atoms with Crippen LogP contribution in [0.4, 0.5) is 5.95 Å². The minimum Gasteiger partial charge on any atom is -0.338 e. The molecule has 1 saturated heterocycles. The maximum absolute atomic E-state index is 5.98. The third-order valence-corrected chi connectivity index (χ3v) is 3.38. The van der Waals surface area contributed by atoms with Crippen molar-refractivity contribution in [3.63, 3.8) is 0 Å². The highest BCUT2D eigenvalue weighted by Gasteiger charge is 2.20. The molecule has 1 aliphatic heterocycles. The van der Waals surface area contributed by atoms with Gasteiger partial charge in [-0.2, -0.15) is 4.98 Å². The summed E-state index contributed by atoms with van der Waals surface area (Å²) < 4.78 is 0. The van der Waals surface area contributed by atoms with Gasteiger partial charge in [0.05, 0.1) is 0 Å². The van der Waals surface area contributed by atoms with Gasteiger partial charge in [-0.25, -0.2) is 0 Å². The lowest BCUT2D eigenvalue weighted by Crippen LogP contribution is -2.43. The van der Waals surface area contributed by atoms with Crippen LogP contribution in [0.1, 0.15) is 18.5 Å². The minimum absolute atomic E-state index is 0.221. The van der Waals surface area contributed by atoms with Crippen molar-refractivity contribution in [3.8, 4) is 11.4 Å². The molecule has 100 valence electrons. The van der Waals surface area contributed by atoms with Crippen LogP contribution < -0.4 is 10.6 Å². The van der Waals surface area contributed by atoms with Gasteiger partial charge in [0.15, 0.2) is 5.82 Å². The van der Waals surface area contributed by atoms with Crippen molar-refractivity contribution >= 4 is 5.95 Å². The Balaban J connectivity index is 1.83. The summed E-state index contributed by atoms with van der Waals surface area (Å²) in [4.78, 5) is 10.9. The highest BCUT2D eigenvalue weighted by Crippen LogP contribution is 2.20. The number of H-pyrrole nitrogens is 1. The summed E-state index contributed by atoms with van der Waals surface area (Å²) in [6.07, 6.45) is 3.96. The second-order valence-corrected chi connectivity index (χ2v) is 5.02. The van der Waals surface area contributed by atoms with Crippen molar-refractivity contribution < 1.29 is 0 Å². The predicted molar refractivity (Wildman–Crippen MR) is 73.8 cm³/mol. The van der Waals surface area contributed by atoms with Gasteiger partial charge in [-0.1, -0.05) is 0 Å². The van der Waals surface area contributed by atoms with E-state index in [1.807, 2.05) is 19.1 Å². The first-order valence-corrected chi connectivity index (χ1v) is 6.58. The SMILES string of the molecule is Cc1cc(-c2nc(N3CCCC(N)C3)n[nH]2)ccn1. The predicted octanol–water partition coefficient (Wildman–Crippen LogP) is 1.10. The normalized spacial score (nSPS) is 19.7. The topological polar surface area (TPSA) is 83.7 Å². The van der Waals surface area contributed by atoms with E-state index < -0.39 is 0 Å². The van der Waals surface area contributed by atoms with Crippen LogP contribution in [0.3, 0.4) is 0 Å². The molecular weight excluding hydrogens is 240 g/mol. The van der Waals surface area contributed by atoms with Gasteiger partial charge in [0.25, 0.3) is 0 Å². The Morgan fingerprint density at radius 1 is 1.47 bits per heavy atom. The molecule has 1 fully saturated rings. The molecule has 3 heterocycles. The maximum atomic E-state index is 5.98. The van der Waals surface area contributed by atoms with Gasteiger partial charge in [-0.15, -0.1) is 5.10 Å². The largest absolute Gasteiger partial charge is 0.338 e. The van der Waals surface area contributed by atoms with E-state index in [1.54, 1.807) is 6.20 Å². The Morgan fingerprint density at radius 3 is 3.16 bits per heavy atom. The molecule has 0 spiro atoms. The molecule has 3 N–H and O–H groups in total. The summed E-state index contributed by atoms with van der Waals surface area (Å²) in [5, 5.41) is 7.28. The van der Waals surface area contributed by atoms with E-state index in [4.69, 9.17) is 5.73 Å². The minimum atomic E-state index is 0.221. The van der Waals surface area contributed by atoms with E-state index in [0.717, 1.165) is 49.0 Å². The van der Waals surface area contributed by atoms with Gasteiger partial charge in [0.2, 0.25) is 5.95 Å². The molecule has 0 aromatic carbocycles. The van der Waals surface area contributed by atoms with Crippen molar-refractivity contribution in [2.24, 2.45) is 5.73 Å². The Kier molecular flexibility index (Phi) is 3.16. The smallest absolute Gasteiger partial charge is 0.245 e. The third kappa shape index (κ3) is 2.58. The molecule has 0 amide bonds. The number of anilines is 1. The zero-order valence-electron chi connectivity index (χ0n) is 11.0. The maximum Gasteiger partial charge on any atom is 0.245 e. The van der Waals surface area contributed by atoms with Gasteiger partial charge in [-0.05, 0) is 31.9 Å². The van der Waals surface area contributed by atoms with E-state index in [-0.39, 0.29) is 6.04 Å². The van der Waals surface area contributed by atoms with Crippen molar-refractivity contribution in [2.75, 3.05) is 18.0 Å². The highest BCUT2D eigenvalue weighted by atomic mass is 15.4. The summed E-state index contributed by atoms with van der Waals surface area (Å²) in [7, 11) is 0. The number of piperidine rings is 1. The van der Waals surface area contributed by atoms with E-state index in [2.05, 4.69) is 25.1 Å². The lowest BCUT2D eigenvalue weighted by molar-refractivity contribution is 0.500. The fraction of sp³-hybridized carbons (Fsp3) is 0.462. The van der Waals surface area contributed by atoms with E-state index in [1.165, 1.54) is 0 Å².